The van der Waals surface area contributed by atoms with Crippen molar-refractivity contribution in [3.8, 4) is 0 Å². The van der Waals surface area contributed by atoms with Crippen LogP contribution < -0.4 is 10.6 Å². The van der Waals surface area contributed by atoms with Gasteiger partial charge in [0.25, 0.3) is 0 Å². The summed E-state index contributed by atoms with van der Waals surface area (Å²) in [6, 6.07) is 9.53. The predicted octanol–water partition coefficient (Wildman–Crippen LogP) is 2.79. The zero-order valence-corrected chi connectivity index (χ0v) is 13.0. The van der Waals surface area contributed by atoms with Gasteiger partial charge in [0.1, 0.15) is 0 Å². The lowest BCUT2D eigenvalue weighted by molar-refractivity contribution is -0.119. The molecule has 110 valence electrons. The molecule has 5 heteroatoms. The lowest BCUT2D eigenvalue weighted by Gasteiger charge is -2.12. The molecule has 20 heavy (non-hydrogen) atoms. The summed E-state index contributed by atoms with van der Waals surface area (Å²) < 4.78 is 0. The Balaban J connectivity index is 2.30. The summed E-state index contributed by atoms with van der Waals surface area (Å²) >= 11 is 1.51. The molecule has 1 rings (SSSR count). The second kappa shape index (κ2) is 8.64. The van der Waals surface area contributed by atoms with E-state index < -0.39 is 6.03 Å². The van der Waals surface area contributed by atoms with E-state index in [1.807, 2.05) is 44.2 Å². The van der Waals surface area contributed by atoms with Crippen LogP contribution in [0.15, 0.2) is 30.3 Å². The van der Waals surface area contributed by atoms with E-state index in [2.05, 4.69) is 10.6 Å². The molecule has 0 heterocycles. The largest absolute Gasteiger partial charge is 0.338 e. The normalized spacial score (nSPS) is 12.0. The maximum atomic E-state index is 11.8. The first-order valence-corrected chi connectivity index (χ1v) is 7.78. The van der Waals surface area contributed by atoms with Crippen LogP contribution in [0.4, 0.5) is 4.79 Å². The standard InChI is InChI=1S/C15H22N2O2S/c1-11(2)9-16-15(19)17-14(18)12(3)20-10-13-7-5-4-6-8-13/h4-8,11-12H,9-10H2,1-3H3,(H2,16,17,18,19)/t12-/m1/s1. The number of amides is 3. The highest BCUT2D eigenvalue weighted by molar-refractivity contribution is 7.99. The predicted molar refractivity (Wildman–Crippen MR) is 83.6 cm³/mol. The van der Waals surface area contributed by atoms with Gasteiger partial charge in [-0.2, -0.15) is 0 Å². The Morgan fingerprint density at radius 3 is 2.40 bits per heavy atom. The highest BCUT2D eigenvalue weighted by Crippen LogP contribution is 2.17. The summed E-state index contributed by atoms with van der Waals surface area (Å²) in [5, 5.41) is 4.76. The summed E-state index contributed by atoms with van der Waals surface area (Å²) in [4.78, 5) is 23.3. The minimum atomic E-state index is -0.420. The van der Waals surface area contributed by atoms with Crippen molar-refractivity contribution in [3.05, 3.63) is 35.9 Å². The van der Waals surface area contributed by atoms with Crippen molar-refractivity contribution in [1.29, 1.82) is 0 Å². The Bertz CT molecular complexity index is 435. The van der Waals surface area contributed by atoms with Crippen molar-refractivity contribution in [2.45, 2.75) is 31.8 Å². The molecule has 0 fully saturated rings. The fraction of sp³-hybridized carbons (Fsp3) is 0.467. The lowest BCUT2D eigenvalue weighted by atomic mass is 10.2. The Labute approximate surface area is 124 Å². The van der Waals surface area contributed by atoms with Crippen LogP contribution in [0.2, 0.25) is 0 Å². The van der Waals surface area contributed by atoms with Crippen LogP contribution in [-0.2, 0) is 10.5 Å². The third-order valence-electron chi connectivity index (χ3n) is 2.62. The topological polar surface area (TPSA) is 58.2 Å². The highest BCUT2D eigenvalue weighted by Gasteiger charge is 2.16. The summed E-state index contributed by atoms with van der Waals surface area (Å²) in [5.74, 6) is 0.858. The van der Waals surface area contributed by atoms with Crippen molar-refractivity contribution in [2.24, 2.45) is 5.92 Å². The van der Waals surface area contributed by atoms with Gasteiger partial charge in [-0.3, -0.25) is 10.1 Å². The van der Waals surface area contributed by atoms with Crippen molar-refractivity contribution in [2.75, 3.05) is 6.54 Å². The van der Waals surface area contributed by atoms with E-state index in [-0.39, 0.29) is 11.2 Å². The number of rotatable bonds is 6. The summed E-state index contributed by atoms with van der Waals surface area (Å²) in [6.45, 7) is 6.37. The van der Waals surface area contributed by atoms with Crippen molar-refractivity contribution in [3.63, 3.8) is 0 Å². The van der Waals surface area contributed by atoms with Crippen LogP contribution >= 0.6 is 11.8 Å². The van der Waals surface area contributed by atoms with Crippen LogP contribution in [0.3, 0.4) is 0 Å². The van der Waals surface area contributed by atoms with E-state index in [1.165, 1.54) is 17.3 Å². The number of carbonyl (C=O) groups excluding carboxylic acids is 2. The van der Waals surface area contributed by atoms with Crippen LogP contribution in [-0.4, -0.2) is 23.7 Å². The number of hydrogen-bond donors (Lipinski definition) is 2. The second-order valence-corrected chi connectivity index (χ2v) is 6.36. The van der Waals surface area contributed by atoms with E-state index in [4.69, 9.17) is 0 Å². The molecular weight excluding hydrogens is 272 g/mol. The monoisotopic (exact) mass is 294 g/mol. The van der Waals surface area contributed by atoms with Gasteiger partial charge < -0.3 is 5.32 Å². The van der Waals surface area contributed by atoms with Gasteiger partial charge in [-0.05, 0) is 18.4 Å². The van der Waals surface area contributed by atoms with Crippen molar-refractivity contribution < 1.29 is 9.59 Å². The molecule has 0 spiro atoms. The van der Waals surface area contributed by atoms with Gasteiger partial charge in [-0.25, -0.2) is 4.79 Å². The molecule has 1 aromatic rings. The van der Waals surface area contributed by atoms with Gasteiger partial charge >= 0.3 is 6.03 Å². The Morgan fingerprint density at radius 2 is 1.80 bits per heavy atom. The minimum Gasteiger partial charge on any atom is -0.338 e. The molecule has 1 aromatic carbocycles. The molecule has 0 aromatic heterocycles. The first kappa shape index (κ1) is 16.6. The summed E-state index contributed by atoms with van der Waals surface area (Å²) in [5.41, 5.74) is 1.17. The lowest BCUT2D eigenvalue weighted by Crippen LogP contribution is -2.43. The molecular formula is C15H22N2O2S. The van der Waals surface area contributed by atoms with Crippen LogP contribution in [0.1, 0.15) is 26.3 Å². The molecule has 4 nitrogen and oxygen atoms in total. The Morgan fingerprint density at radius 1 is 1.15 bits per heavy atom. The number of imide groups is 1. The van der Waals surface area contributed by atoms with E-state index in [0.717, 1.165) is 5.75 Å². The fourth-order valence-corrected chi connectivity index (χ4v) is 2.27. The number of urea groups is 1. The van der Waals surface area contributed by atoms with Gasteiger partial charge in [-0.1, -0.05) is 44.2 Å². The van der Waals surface area contributed by atoms with Crippen LogP contribution in [0.25, 0.3) is 0 Å². The zero-order chi connectivity index (χ0) is 15.0. The number of nitrogens with one attached hydrogen (secondary N) is 2. The van der Waals surface area contributed by atoms with Crippen molar-refractivity contribution in [1.82, 2.24) is 10.6 Å². The Hall–Kier alpha value is -1.49. The molecule has 0 saturated heterocycles. The molecule has 0 aliphatic heterocycles. The fourth-order valence-electron chi connectivity index (χ4n) is 1.43. The first-order valence-electron chi connectivity index (χ1n) is 6.73. The molecule has 0 bridgehead atoms. The number of thioether (sulfide) groups is 1. The smallest absolute Gasteiger partial charge is 0.321 e. The summed E-state index contributed by atoms with van der Waals surface area (Å²) in [7, 11) is 0. The van der Waals surface area contributed by atoms with E-state index in [1.54, 1.807) is 6.92 Å². The third-order valence-corrected chi connectivity index (χ3v) is 3.83. The van der Waals surface area contributed by atoms with Crippen LogP contribution in [0.5, 0.6) is 0 Å². The van der Waals surface area contributed by atoms with E-state index >= 15 is 0 Å². The van der Waals surface area contributed by atoms with Gasteiger partial charge in [0.2, 0.25) is 5.91 Å². The maximum Gasteiger partial charge on any atom is 0.321 e. The van der Waals surface area contributed by atoms with Gasteiger partial charge in [0.05, 0.1) is 5.25 Å². The summed E-state index contributed by atoms with van der Waals surface area (Å²) in [6.07, 6.45) is 0. The van der Waals surface area contributed by atoms with E-state index in [9.17, 15) is 9.59 Å². The second-order valence-electron chi connectivity index (χ2n) is 5.03. The molecule has 0 saturated carbocycles. The van der Waals surface area contributed by atoms with Gasteiger partial charge in [0.15, 0.2) is 0 Å². The molecule has 1 atom stereocenters. The molecule has 3 amide bonds. The zero-order valence-electron chi connectivity index (χ0n) is 12.2. The van der Waals surface area contributed by atoms with Crippen molar-refractivity contribution >= 4 is 23.7 Å². The highest BCUT2D eigenvalue weighted by atomic mass is 32.2. The van der Waals surface area contributed by atoms with Crippen LogP contribution in [0, 0.1) is 5.92 Å². The number of carbonyl (C=O) groups is 2. The van der Waals surface area contributed by atoms with Gasteiger partial charge in [-0.15, -0.1) is 11.8 Å². The first-order chi connectivity index (χ1) is 9.49. The van der Waals surface area contributed by atoms with Gasteiger partial charge in [0, 0.05) is 12.3 Å². The third kappa shape index (κ3) is 6.61. The molecule has 0 radical (unpaired) electrons. The average molecular weight is 294 g/mol. The number of benzene rings is 1. The minimum absolute atomic E-state index is 0.257. The molecule has 2 N–H and O–H groups in total. The number of hydrogen-bond acceptors (Lipinski definition) is 3. The molecule has 0 unspecified atom stereocenters. The van der Waals surface area contributed by atoms with E-state index in [0.29, 0.717) is 12.5 Å². The SMILES string of the molecule is CC(C)CNC(=O)NC(=O)[C@@H](C)SCc1ccccc1. The molecule has 0 aliphatic carbocycles. The maximum absolute atomic E-state index is 11.8. The molecule has 0 aliphatic rings. The Kier molecular flexibility index (Phi) is 7.15. The average Bonchev–Trinajstić information content (AvgIpc) is 2.43. The quantitative estimate of drug-likeness (QED) is 0.848.